The first-order valence-corrected chi connectivity index (χ1v) is 12.9. The van der Waals surface area contributed by atoms with Gasteiger partial charge in [-0.1, -0.05) is 37.1 Å². The van der Waals surface area contributed by atoms with E-state index in [1.807, 2.05) is 0 Å². The summed E-state index contributed by atoms with van der Waals surface area (Å²) in [5.74, 6) is 2.31. The van der Waals surface area contributed by atoms with Crippen LogP contribution >= 0.6 is 0 Å². The largest absolute Gasteiger partial charge is 0.393 e. The van der Waals surface area contributed by atoms with Crippen molar-refractivity contribution in [3.8, 4) is 0 Å². The summed E-state index contributed by atoms with van der Waals surface area (Å²) >= 11 is 0. The van der Waals surface area contributed by atoms with E-state index in [1.54, 1.807) is 5.57 Å². The van der Waals surface area contributed by atoms with Crippen LogP contribution < -0.4 is 0 Å². The monoisotopic (exact) mass is 431 g/mol. The first-order valence-electron chi connectivity index (χ1n) is 12.9. The van der Waals surface area contributed by atoms with Crippen molar-refractivity contribution in [1.82, 2.24) is 4.90 Å². The van der Waals surface area contributed by atoms with Gasteiger partial charge in [0.05, 0.1) is 25.4 Å². The van der Waals surface area contributed by atoms with Crippen molar-refractivity contribution in [3.63, 3.8) is 0 Å². The number of aliphatic hydroxyl groups excluding tert-OH is 2. The molecule has 3 aliphatic carbocycles. The van der Waals surface area contributed by atoms with Crippen molar-refractivity contribution in [2.45, 2.75) is 96.8 Å². The molecular formula is C27H45NO3. The van der Waals surface area contributed by atoms with Gasteiger partial charge in [0, 0.05) is 12.6 Å². The quantitative estimate of drug-likeness (QED) is 0.662. The molecule has 4 heteroatoms. The molecule has 176 valence electrons. The molecule has 0 aromatic rings. The Balaban J connectivity index is 1.40. The van der Waals surface area contributed by atoms with E-state index in [2.05, 4.69) is 37.8 Å². The highest BCUT2D eigenvalue weighted by atomic mass is 16.5. The second-order valence-corrected chi connectivity index (χ2v) is 11.3. The number of aliphatic hydroxyl groups is 2. The lowest BCUT2D eigenvalue weighted by molar-refractivity contribution is -0.00570. The van der Waals surface area contributed by atoms with Crippen LogP contribution in [0.3, 0.4) is 0 Å². The lowest BCUT2D eigenvalue weighted by Crippen LogP contribution is -2.45. The number of nitrogens with zero attached hydrogens (tertiary/aromatic N) is 1. The molecule has 1 heterocycles. The van der Waals surface area contributed by atoms with Gasteiger partial charge in [-0.3, -0.25) is 4.90 Å². The summed E-state index contributed by atoms with van der Waals surface area (Å²) in [6, 6.07) is 0.557. The standard InChI is InChI=1S/C27H45NO3/c1-19(10-12-28-13-14-31-18-20(28)2)25-8-9-26-22(5-4-11-27(25,26)3)7-6-21-15-23(29)17-24(30)16-21/h6-7,19-20,23-26,29-30H,4-5,8-18H2,1-3H3/b22-7+/t19?,20-,23+,24+,25+,26-,27+/m0/s1. The third-order valence-electron chi connectivity index (χ3n) is 9.17. The van der Waals surface area contributed by atoms with Gasteiger partial charge in [-0.25, -0.2) is 0 Å². The van der Waals surface area contributed by atoms with Crippen LogP contribution in [0, 0.1) is 23.2 Å². The molecule has 1 aliphatic heterocycles. The van der Waals surface area contributed by atoms with E-state index in [9.17, 15) is 10.2 Å². The molecule has 4 nitrogen and oxygen atoms in total. The minimum absolute atomic E-state index is 0.379. The van der Waals surface area contributed by atoms with Gasteiger partial charge in [-0.2, -0.15) is 0 Å². The van der Waals surface area contributed by atoms with E-state index in [0.717, 1.165) is 44.4 Å². The van der Waals surface area contributed by atoms with Crippen molar-refractivity contribution in [1.29, 1.82) is 0 Å². The molecule has 0 amide bonds. The van der Waals surface area contributed by atoms with E-state index in [-0.39, 0.29) is 12.2 Å². The van der Waals surface area contributed by atoms with Gasteiger partial charge in [0.2, 0.25) is 0 Å². The predicted molar refractivity (Wildman–Crippen MR) is 126 cm³/mol. The summed E-state index contributed by atoms with van der Waals surface area (Å²) in [5, 5.41) is 20.0. The average Bonchev–Trinajstić information content (AvgIpc) is 3.08. The predicted octanol–water partition coefficient (Wildman–Crippen LogP) is 4.71. The van der Waals surface area contributed by atoms with Crippen LogP contribution in [0.5, 0.6) is 0 Å². The van der Waals surface area contributed by atoms with Gasteiger partial charge in [-0.05, 0) is 94.4 Å². The second kappa shape index (κ2) is 10.1. The Labute approximate surface area is 189 Å². The van der Waals surface area contributed by atoms with Crippen LogP contribution in [0.1, 0.15) is 78.6 Å². The van der Waals surface area contributed by atoms with Crippen molar-refractivity contribution < 1.29 is 14.9 Å². The lowest BCUT2D eigenvalue weighted by atomic mass is 9.61. The molecule has 4 rings (SSSR count). The smallest absolute Gasteiger partial charge is 0.0619 e. The summed E-state index contributed by atoms with van der Waals surface area (Å²) < 4.78 is 5.62. The van der Waals surface area contributed by atoms with Crippen LogP contribution in [-0.4, -0.2) is 59.7 Å². The van der Waals surface area contributed by atoms with Crippen LogP contribution in [-0.2, 0) is 4.74 Å². The Morgan fingerprint density at radius 1 is 1.19 bits per heavy atom. The summed E-state index contributed by atoms with van der Waals surface area (Å²) in [6.45, 7) is 11.5. The second-order valence-electron chi connectivity index (χ2n) is 11.3. The van der Waals surface area contributed by atoms with Gasteiger partial charge >= 0.3 is 0 Å². The van der Waals surface area contributed by atoms with Crippen molar-refractivity contribution in [2.75, 3.05) is 26.3 Å². The third kappa shape index (κ3) is 5.29. The highest BCUT2D eigenvalue weighted by Gasteiger charge is 2.50. The minimum Gasteiger partial charge on any atom is -0.393 e. The molecule has 3 saturated carbocycles. The Bertz CT molecular complexity index is 661. The zero-order chi connectivity index (χ0) is 22.0. The first-order chi connectivity index (χ1) is 14.9. The average molecular weight is 432 g/mol. The van der Waals surface area contributed by atoms with Gasteiger partial charge in [-0.15, -0.1) is 0 Å². The number of hydrogen-bond acceptors (Lipinski definition) is 4. The van der Waals surface area contributed by atoms with Gasteiger partial charge in [0.15, 0.2) is 0 Å². The number of morpholine rings is 1. The third-order valence-corrected chi connectivity index (χ3v) is 9.17. The summed E-state index contributed by atoms with van der Waals surface area (Å²) in [7, 11) is 0. The maximum atomic E-state index is 10.0. The SMILES string of the molecule is CC(CCN1CCOC[C@@H]1C)[C@H]1CC[C@H]2/C(=C/C=C3C[C@@H](O)C[C@H](O)C3)CCC[C@]12C. The fraction of sp³-hybridized carbons (Fsp3) is 0.852. The molecule has 1 saturated heterocycles. The van der Waals surface area contributed by atoms with Crippen molar-refractivity contribution in [2.24, 2.45) is 23.2 Å². The molecule has 7 atom stereocenters. The molecule has 0 bridgehead atoms. The Hall–Kier alpha value is -0.680. The van der Waals surface area contributed by atoms with E-state index in [0.29, 0.717) is 23.8 Å². The topological polar surface area (TPSA) is 52.9 Å². The minimum atomic E-state index is -0.379. The van der Waals surface area contributed by atoms with E-state index < -0.39 is 0 Å². The zero-order valence-electron chi connectivity index (χ0n) is 20.1. The molecule has 0 spiro atoms. The van der Waals surface area contributed by atoms with Gasteiger partial charge in [0.25, 0.3) is 0 Å². The number of rotatable bonds is 5. The summed E-state index contributed by atoms with van der Waals surface area (Å²) in [5.41, 5.74) is 3.28. The summed E-state index contributed by atoms with van der Waals surface area (Å²) in [4.78, 5) is 2.63. The van der Waals surface area contributed by atoms with Gasteiger partial charge < -0.3 is 14.9 Å². The fourth-order valence-corrected chi connectivity index (χ4v) is 7.41. The molecule has 0 radical (unpaired) electrons. The van der Waals surface area contributed by atoms with E-state index in [1.165, 1.54) is 50.6 Å². The van der Waals surface area contributed by atoms with Crippen LogP contribution in [0.4, 0.5) is 0 Å². The fourth-order valence-electron chi connectivity index (χ4n) is 7.41. The van der Waals surface area contributed by atoms with E-state index >= 15 is 0 Å². The Morgan fingerprint density at radius 2 is 1.97 bits per heavy atom. The Kier molecular flexibility index (Phi) is 7.63. The van der Waals surface area contributed by atoms with Crippen LogP contribution in [0.2, 0.25) is 0 Å². The highest BCUT2D eigenvalue weighted by Crippen LogP contribution is 2.59. The lowest BCUT2D eigenvalue weighted by Gasteiger charge is -2.45. The van der Waals surface area contributed by atoms with Crippen molar-refractivity contribution >= 4 is 0 Å². The maximum absolute atomic E-state index is 10.0. The molecule has 1 unspecified atom stereocenters. The highest BCUT2D eigenvalue weighted by molar-refractivity contribution is 5.26. The molecular weight excluding hydrogens is 386 g/mol. The number of hydrogen-bond donors (Lipinski definition) is 2. The number of ether oxygens (including phenoxy) is 1. The van der Waals surface area contributed by atoms with E-state index in [4.69, 9.17) is 4.74 Å². The van der Waals surface area contributed by atoms with Crippen LogP contribution in [0.15, 0.2) is 23.3 Å². The summed E-state index contributed by atoms with van der Waals surface area (Å²) in [6.07, 6.45) is 13.7. The Morgan fingerprint density at radius 3 is 2.71 bits per heavy atom. The molecule has 4 fully saturated rings. The molecule has 4 aliphatic rings. The van der Waals surface area contributed by atoms with Crippen molar-refractivity contribution in [3.05, 3.63) is 23.3 Å². The number of fused-ring (bicyclic) bond motifs is 1. The molecule has 31 heavy (non-hydrogen) atoms. The molecule has 0 aromatic heterocycles. The number of allylic oxidation sites excluding steroid dienone is 3. The molecule has 0 aromatic carbocycles. The normalized spacial score (nSPS) is 41.9. The van der Waals surface area contributed by atoms with Gasteiger partial charge in [0.1, 0.15) is 0 Å². The zero-order valence-corrected chi connectivity index (χ0v) is 20.1. The first kappa shape index (κ1) is 23.5. The van der Waals surface area contributed by atoms with Crippen LogP contribution in [0.25, 0.3) is 0 Å². The maximum Gasteiger partial charge on any atom is 0.0619 e. The molecule has 2 N–H and O–H groups in total.